The zero-order valence-electron chi connectivity index (χ0n) is 15.8. The summed E-state index contributed by atoms with van der Waals surface area (Å²) < 4.78 is 29.9. The van der Waals surface area contributed by atoms with E-state index in [4.69, 9.17) is 14.2 Å². The third kappa shape index (κ3) is 5.03. The summed E-state index contributed by atoms with van der Waals surface area (Å²) in [7, 11) is 0. The maximum atomic E-state index is 13.1. The van der Waals surface area contributed by atoms with Crippen LogP contribution in [-0.2, 0) is 4.74 Å². The van der Waals surface area contributed by atoms with Crippen molar-refractivity contribution in [2.75, 3.05) is 31.7 Å². The number of carbonyl (C=O) groups is 1. The Kier molecular flexibility index (Phi) is 5.90. The molecule has 4 rings (SSSR count). The summed E-state index contributed by atoms with van der Waals surface area (Å²) in [5.74, 6) is 0.801. The van der Waals surface area contributed by atoms with E-state index in [0.717, 1.165) is 19.4 Å². The maximum Gasteiger partial charge on any atom is 0.257 e. The van der Waals surface area contributed by atoms with Gasteiger partial charge in [0.05, 0.1) is 12.6 Å². The Morgan fingerprint density at radius 2 is 1.86 bits per heavy atom. The number of hydrogen-bond donors (Lipinski definition) is 2. The van der Waals surface area contributed by atoms with Crippen molar-refractivity contribution in [1.29, 1.82) is 0 Å². The van der Waals surface area contributed by atoms with Crippen molar-refractivity contribution >= 4 is 17.6 Å². The van der Waals surface area contributed by atoms with Gasteiger partial charge in [0.15, 0.2) is 11.5 Å². The van der Waals surface area contributed by atoms with E-state index in [1.807, 2.05) is 6.07 Å². The Hall–Kier alpha value is -3.13. The molecule has 2 aromatic carbocycles. The predicted molar refractivity (Wildman–Crippen MR) is 106 cm³/mol. The summed E-state index contributed by atoms with van der Waals surface area (Å²) in [5.41, 5.74) is 1.03. The second-order valence-corrected chi connectivity index (χ2v) is 6.77. The largest absolute Gasteiger partial charge is 0.486 e. The van der Waals surface area contributed by atoms with E-state index in [9.17, 15) is 9.18 Å². The number of hydrogen-bond acceptors (Lipinski definition) is 5. The first-order valence-corrected chi connectivity index (χ1v) is 9.57. The molecule has 152 valence electrons. The monoisotopic (exact) mass is 399 g/mol. The lowest BCUT2D eigenvalue weighted by Gasteiger charge is -2.19. The highest BCUT2D eigenvalue weighted by Crippen LogP contribution is 2.32. The fourth-order valence-electron chi connectivity index (χ4n) is 3.13. The molecule has 0 aliphatic carbocycles. The Balaban J connectivity index is 1.50. The molecular formula is C21H22FN3O4. The van der Waals surface area contributed by atoms with E-state index in [2.05, 4.69) is 15.6 Å². The topological polar surface area (TPSA) is 81.2 Å². The van der Waals surface area contributed by atoms with Gasteiger partial charge >= 0.3 is 0 Å². The fourth-order valence-corrected chi connectivity index (χ4v) is 3.13. The predicted octanol–water partition coefficient (Wildman–Crippen LogP) is 2.97. The number of nitrogens with one attached hydrogen (secondary N) is 2. The van der Waals surface area contributed by atoms with E-state index >= 15 is 0 Å². The SMILES string of the molecule is O=C(NC(=NC[C@@H]1CCCO1)Nc1ccc2c(c1)OCCO2)c1ccc(F)cc1. The van der Waals surface area contributed by atoms with Gasteiger partial charge < -0.3 is 19.5 Å². The van der Waals surface area contributed by atoms with Crippen molar-refractivity contribution in [3.05, 3.63) is 53.8 Å². The van der Waals surface area contributed by atoms with E-state index in [0.29, 0.717) is 42.5 Å². The highest BCUT2D eigenvalue weighted by molar-refractivity contribution is 6.10. The Bertz CT molecular complexity index is 895. The number of aliphatic imine (C=N–C) groups is 1. The van der Waals surface area contributed by atoms with Crippen LogP contribution in [0.4, 0.5) is 10.1 Å². The number of amides is 1. The molecule has 29 heavy (non-hydrogen) atoms. The number of ether oxygens (including phenoxy) is 3. The third-order valence-electron chi connectivity index (χ3n) is 4.62. The third-order valence-corrected chi connectivity index (χ3v) is 4.62. The van der Waals surface area contributed by atoms with Gasteiger partial charge in [-0.2, -0.15) is 0 Å². The minimum Gasteiger partial charge on any atom is -0.486 e. The lowest BCUT2D eigenvalue weighted by molar-refractivity contribution is 0.0975. The number of halogens is 1. The highest BCUT2D eigenvalue weighted by Gasteiger charge is 2.17. The van der Waals surface area contributed by atoms with Crippen LogP contribution < -0.4 is 20.1 Å². The van der Waals surface area contributed by atoms with E-state index in [1.54, 1.807) is 12.1 Å². The summed E-state index contributed by atoms with van der Waals surface area (Å²) in [6.45, 7) is 2.16. The van der Waals surface area contributed by atoms with Crippen molar-refractivity contribution in [1.82, 2.24) is 5.32 Å². The Labute approximate surface area is 167 Å². The molecule has 1 fully saturated rings. The van der Waals surface area contributed by atoms with Gasteiger partial charge in [0.2, 0.25) is 5.96 Å². The average Bonchev–Trinajstić information content (AvgIpc) is 3.26. The smallest absolute Gasteiger partial charge is 0.257 e. The lowest BCUT2D eigenvalue weighted by Crippen LogP contribution is -2.36. The van der Waals surface area contributed by atoms with E-state index in [1.165, 1.54) is 24.3 Å². The lowest BCUT2D eigenvalue weighted by atomic mass is 10.2. The highest BCUT2D eigenvalue weighted by atomic mass is 19.1. The minimum absolute atomic E-state index is 0.0368. The molecule has 1 atom stereocenters. The molecule has 1 saturated heterocycles. The summed E-state index contributed by atoms with van der Waals surface area (Å²) in [6, 6.07) is 10.7. The average molecular weight is 399 g/mol. The van der Waals surface area contributed by atoms with Gasteiger partial charge in [-0.25, -0.2) is 9.38 Å². The summed E-state index contributed by atoms with van der Waals surface area (Å²) >= 11 is 0. The number of carbonyl (C=O) groups excluding carboxylic acids is 1. The van der Waals surface area contributed by atoms with Crippen LogP contribution in [0.2, 0.25) is 0 Å². The number of benzene rings is 2. The van der Waals surface area contributed by atoms with Crippen LogP contribution in [0.3, 0.4) is 0 Å². The van der Waals surface area contributed by atoms with Crippen molar-refractivity contribution < 1.29 is 23.4 Å². The Morgan fingerprint density at radius 1 is 1.07 bits per heavy atom. The maximum absolute atomic E-state index is 13.1. The van der Waals surface area contributed by atoms with Gasteiger partial charge in [0.25, 0.3) is 5.91 Å². The molecule has 2 aliphatic heterocycles. The van der Waals surface area contributed by atoms with Crippen LogP contribution >= 0.6 is 0 Å². The summed E-state index contributed by atoms with van der Waals surface area (Å²) in [6.07, 6.45) is 1.98. The van der Waals surface area contributed by atoms with Gasteiger partial charge in [0.1, 0.15) is 19.0 Å². The molecule has 2 aliphatic rings. The molecule has 0 unspecified atom stereocenters. The number of rotatable bonds is 4. The van der Waals surface area contributed by atoms with E-state index < -0.39 is 5.82 Å². The summed E-state index contributed by atoms with van der Waals surface area (Å²) in [4.78, 5) is 17.1. The molecule has 2 aromatic rings. The molecule has 1 amide bonds. The molecule has 2 heterocycles. The zero-order valence-corrected chi connectivity index (χ0v) is 15.8. The van der Waals surface area contributed by atoms with Gasteiger partial charge in [-0.1, -0.05) is 0 Å². The molecule has 8 heteroatoms. The first-order valence-electron chi connectivity index (χ1n) is 9.57. The number of anilines is 1. The van der Waals surface area contributed by atoms with Crippen molar-refractivity contribution in [2.24, 2.45) is 4.99 Å². The van der Waals surface area contributed by atoms with Crippen molar-refractivity contribution in [2.45, 2.75) is 18.9 Å². The van der Waals surface area contributed by atoms with Crippen LogP contribution in [0, 0.1) is 5.82 Å². The second-order valence-electron chi connectivity index (χ2n) is 6.77. The van der Waals surface area contributed by atoms with Gasteiger partial charge in [-0.15, -0.1) is 0 Å². The van der Waals surface area contributed by atoms with Gasteiger partial charge in [-0.05, 0) is 49.2 Å². The molecule has 0 spiro atoms. The first kappa shape index (κ1) is 19.2. The standard InChI is InChI=1S/C21H22FN3O4/c22-15-5-3-14(4-6-15)20(26)25-21(23-13-17-2-1-9-27-17)24-16-7-8-18-19(12-16)29-11-10-28-18/h3-8,12,17H,1-2,9-11,13H2,(H2,23,24,25,26)/t17-/m0/s1. The Morgan fingerprint density at radius 3 is 2.62 bits per heavy atom. The van der Waals surface area contributed by atoms with Crippen LogP contribution in [0.5, 0.6) is 11.5 Å². The quantitative estimate of drug-likeness (QED) is 0.610. The van der Waals surface area contributed by atoms with Crippen LogP contribution in [0.1, 0.15) is 23.2 Å². The van der Waals surface area contributed by atoms with E-state index in [-0.39, 0.29) is 18.0 Å². The summed E-state index contributed by atoms with van der Waals surface area (Å²) in [5, 5.41) is 5.87. The molecule has 7 nitrogen and oxygen atoms in total. The molecule has 0 aromatic heterocycles. The van der Waals surface area contributed by atoms with Crippen molar-refractivity contribution in [3.8, 4) is 11.5 Å². The van der Waals surface area contributed by atoms with Crippen LogP contribution in [-0.4, -0.2) is 44.3 Å². The molecule has 0 bridgehead atoms. The zero-order chi connectivity index (χ0) is 20.1. The number of nitrogens with zero attached hydrogens (tertiary/aromatic N) is 1. The normalized spacial score (nSPS) is 18.4. The molecule has 2 N–H and O–H groups in total. The van der Waals surface area contributed by atoms with Crippen LogP contribution in [0.15, 0.2) is 47.5 Å². The number of guanidine groups is 1. The van der Waals surface area contributed by atoms with Crippen molar-refractivity contribution in [3.63, 3.8) is 0 Å². The second kappa shape index (κ2) is 8.91. The van der Waals surface area contributed by atoms with Gasteiger partial charge in [-0.3, -0.25) is 10.1 Å². The fraction of sp³-hybridized carbons (Fsp3) is 0.333. The molecular weight excluding hydrogens is 377 g/mol. The van der Waals surface area contributed by atoms with Gasteiger partial charge in [0, 0.05) is 23.9 Å². The van der Waals surface area contributed by atoms with Crippen LogP contribution in [0.25, 0.3) is 0 Å². The molecule has 0 radical (unpaired) electrons. The first-order chi connectivity index (χ1) is 14.2. The minimum atomic E-state index is -0.400. The number of fused-ring (bicyclic) bond motifs is 1. The molecule has 0 saturated carbocycles.